The highest BCUT2D eigenvalue weighted by molar-refractivity contribution is 5.39. The van der Waals surface area contributed by atoms with Crippen molar-refractivity contribution in [2.45, 2.75) is 39.7 Å². The summed E-state index contributed by atoms with van der Waals surface area (Å²) in [5, 5.41) is 4.32. The van der Waals surface area contributed by atoms with Crippen LogP contribution in [0.2, 0.25) is 0 Å². The Hall–Kier alpha value is -0.990. The minimum Gasteiger partial charge on any atom is -0.396 e. The molecule has 1 heterocycles. The highest BCUT2D eigenvalue weighted by atomic mass is 15.3. The molecule has 0 saturated carbocycles. The maximum absolute atomic E-state index is 5.69. The van der Waals surface area contributed by atoms with Crippen molar-refractivity contribution in [1.29, 1.82) is 0 Å². The number of nitrogens with two attached hydrogens (primary N) is 1. The molecule has 1 unspecified atom stereocenters. The van der Waals surface area contributed by atoms with E-state index in [1.807, 2.05) is 17.8 Å². The van der Waals surface area contributed by atoms with Gasteiger partial charge in [-0.3, -0.25) is 4.68 Å². The molecular formula is C9H17N3. The highest BCUT2D eigenvalue weighted by Crippen LogP contribution is 2.15. The number of nitrogen functional groups attached to an aromatic ring is 1. The van der Waals surface area contributed by atoms with Gasteiger partial charge < -0.3 is 5.73 Å². The van der Waals surface area contributed by atoms with Crippen molar-refractivity contribution in [2.75, 3.05) is 5.73 Å². The van der Waals surface area contributed by atoms with Crippen molar-refractivity contribution in [3.8, 4) is 0 Å². The lowest BCUT2D eigenvalue weighted by molar-refractivity contribution is 0.453. The van der Waals surface area contributed by atoms with Crippen LogP contribution in [0.1, 0.15) is 38.4 Å². The van der Waals surface area contributed by atoms with Gasteiger partial charge in [-0.25, -0.2) is 0 Å². The van der Waals surface area contributed by atoms with E-state index in [1.54, 1.807) is 0 Å². The van der Waals surface area contributed by atoms with Crippen molar-refractivity contribution in [3.63, 3.8) is 0 Å². The number of aryl methyl sites for hydroxylation is 1. The first-order chi connectivity index (χ1) is 5.65. The molecule has 1 aromatic heterocycles. The van der Waals surface area contributed by atoms with Gasteiger partial charge in [-0.05, 0) is 20.3 Å². The quantitative estimate of drug-likeness (QED) is 0.749. The normalized spacial score (nSPS) is 13.2. The van der Waals surface area contributed by atoms with E-state index in [9.17, 15) is 0 Å². The standard InChI is InChI=1S/C9H17N3/c1-4-5-7(2)12-6-9(10)8(3)11-12/h6-7H,4-5,10H2,1-3H3. The SMILES string of the molecule is CCCC(C)n1cc(N)c(C)n1. The molecule has 0 aliphatic carbocycles. The van der Waals surface area contributed by atoms with Crippen molar-refractivity contribution in [2.24, 2.45) is 0 Å². The van der Waals surface area contributed by atoms with Crippen LogP contribution in [-0.2, 0) is 0 Å². The molecule has 0 aromatic carbocycles. The maximum atomic E-state index is 5.69. The van der Waals surface area contributed by atoms with E-state index in [1.165, 1.54) is 6.42 Å². The summed E-state index contributed by atoms with van der Waals surface area (Å²) in [5.74, 6) is 0. The average Bonchev–Trinajstić information content (AvgIpc) is 2.33. The second-order valence-electron chi connectivity index (χ2n) is 3.29. The Kier molecular flexibility index (Phi) is 2.74. The Morgan fingerprint density at radius 1 is 1.67 bits per heavy atom. The van der Waals surface area contributed by atoms with Crippen molar-refractivity contribution in [1.82, 2.24) is 9.78 Å². The molecule has 3 heteroatoms. The van der Waals surface area contributed by atoms with E-state index in [-0.39, 0.29) is 0 Å². The van der Waals surface area contributed by atoms with Crippen LogP contribution in [0.5, 0.6) is 0 Å². The largest absolute Gasteiger partial charge is 0.396 e. The van der Waals surface area contributed by atoms with Crippen LogP contribution in [0, 0.1) is 6.92 Å². The zero-order chi connectivity index (χ0) is 9.14. The third kappa shape index (κ3) is 1.78. The Labute approximate surface area is 73.6 Å². The molecular weight excluding hydrogens is 150 g/mol. The Balaban J connectivity index is 2.74. The second kappa shape index (κ2) is 3.61. The molecule has 3 nitrogen and oxygen atoms in total. The van der Waals surface area contributed by atoms with Crippen molar-refractivity contribution < 1.29 is 0 Å². The minimum absolute atomic E-state index is 0.464. The van der Waals surface area contributed by atoms with Gasteiger partial charge in [0.25, 0.3) is 0 Å². The van der Waals surface area contributed by atoms with Gasteiger partial charge in [-0.2, -0.15) is 5.10 Å². The summed E-state index contributed by atoms with van der Waals surface area (Å²) in [4.78, 5) is 0. The van der Waals surface area contributed by atoms with Gasteiger partial charge in [-0.1, -0.05) is 13.3 Å². The zero-order valence-corrected chi connectivity index (χ0v) is 8.04. The predicted octanol–water partition coefficient (Wildman–Crippen LogP) is 2.13. The van der Waals surface area contributed by atoms with Crippen LogP contribution in [0.4, 0.5) is 5.69 Å². The topological polar surface area (TPSA) is 43.8 Å². The van der Waals surface area contributed by atoms with Gasteiger partial charge in [0.1, 0.15) is 0 Å². The number of anilines is 1. The first-order valence-electron chi connectivity index (χ1n) is 4.46. The number of rotatable bonds is 3. The second-order valence-corrected chi connectivity index (χ2v) is 3.29. The van der Waals surface area contributed by atoms with Crippen LogP contribution < -0.4 is 5.73 Å². The van der Waals surface area contributed by atoms with Gasteiger partial charge in [0, 0.05) is 12.2 Å². The highest BCUT2D eigenvalue weighted by Gasteiger charge is 2.06. The van der Waals surface area contributed by atoms with Crippen LogP contribution in [0.3, 0.4) is 0 Å². The average molecular weight is 167 g/mol. The minimum atomic E-state index is 0.464. The zero-order valence-electron chi connectivity index (χ0n) is 8.04. The summed E-state index contributed by atoms with van der Waals surface area (Å²) in [6.07, 6.45) is 4.25. The fourth-order valence-corrected chi connectivity index (χ4v) is 1.27. The Morgan fingerprint density at radius 2 is 2.33 bits per heavy atom. The van der Waals surface area contributed by atoms with Gasteiger partial charge in [0.15, 0.2) is 0 Å². The number of hydrogen-bond acceptors (Lipinski definition) is 2. The van der Waals surface area contributed by atoms with Gasteiger partial charge in [0.05, 0.1) is 11.4 Å². The van der Waals surface area contributed by atoms with Gasteiger partial charge in [-0.15, -0.1) is 0 Å². The molecule has 0 bridgehead atoms. The van der Waals surface area contributed by atoms with Gasteiger partial charge in [0.2, 0.25) is 0 Å². The predicted molar refractivity (Wildman–Crippen MR) is 51.0 cm³/mol. The van der Waals surface area contributed by atoms with E-state index in [0.717, 1.165) is 17.8 Å². The molecule has 68 valence electrons. The molecule has 0 amide bonds. The molecule has 0 saturated heterocycles. The Morgan fingerprint density at radius 3 is 2.75 bits per heavy atom. The van der Waals surface area contributed by atoms with E-state index < -0.39 is 0 Å². The maximum Gasteiger partial charge on any atom is 0.0823 e. The van der Waals surface area contributed by atoms with Gasteiger partial charge >= 0.3 is 0 Å². The third-order valence-corrected chi connectivity index (χ3v) is 2.11. The lowest BCUT2D eigenvalue weighted by atomic mass is 10.2. The van der Waals surface area contributed by atoms with E-state index in [0.29, 0.717) is 6.04 Å². The smallest absolute Gasteiger partial charge is 0.0823 e. The molecule has 12 heavy (non-hydrogen) atoms. The molecule has 1 atom stereocenters. The van der Waals surface area contributed by atoms with Crippen LogP contribution in [0.25, 0.3) is 0 Å². The summed E-state index contributed by atoms with van der Waals surface area (Å²) >= 11 is 0. The summed E-state index contributed by atoms with van der Waals surface area (Å²) in [6.45, 7) is 6.27. The summed E-state index contributed by atoms with van der Waals surface area (Å²) in [6, 6.07) is 0.464. The molecule has 0 spiro atoms. The van der Waals surface area contributed by atoms with E-state index in [4.69, 9.17) is 5.73 Å². The first kappa shape index (κ1) is 9.10. The van der Waals surface area contributed by atoms with Crippen LogP contribution >= 0.6 is 0 Å². The van der Waals surface area contributed by atoms with Crippen LogP contribution in [-0.4, -0.2) is 9.78 Å². The van der Waals surface area contributed by atoms with Crippen molar-refractivity contribution >= 4 is 5.69 Å². The molecule has 0 aliphatic heterocycles. The lowest BCUT2D eigenvalue weighted by Crippen LogP contribution is -2.05. The molecule has 1 aromatic rings. The summed E-state index contributed by atoms with van der Waals surface area (Å²) in [7, 11) is 0. The molecule has 1 rings (SSSR count). The fourth-order valence-electron chi connectivity index (χ4n) is 1.27. The number of nitrogens with zero attached hydrogens (tertiary/aromatic N) is 2. The third-order valence-electron chi connectivity index (χ3n) is 2.11. The summed E-state index contributed by atoms with van der Waals surface area (Å²) in [5.41, 5.74) is 7.41. The monoisotopic (exact) mass is 167 g/mol. The Bertz CT molecular complexity index is 233. The molecule has 2 N–H and O–H groups in total. The fraction of sp³-hybridized carbons (Fsp3) is 0.667. The summed E-state index contributed by atoms with van der Waals surface area (Å²) < 4.78 is 1.95. The van der Waals surface area contributed by atoms with E-state index >= 15 is 0 Å². The molecule has 0 radical (unpaired) electrons. The molecule has 0 fully saturated rings. The van der Waals surface area contributed by atoms with Crippen LogP contribution in [0.15, 0.2) is 6.20 Å². The first-order valence-corrected chi connectivity index (χ1v) is 4.46. The number of aromatic nitrogens is 2. The lowest BCUT2D eigenvalue weighted by Gasteiger charge is -2.09. The molecule has 0 aliphatic rings. The van der Waals surface area contributed by atoms with Crippen molar-refractivity contribution in [3.05, 3.63) is 11.9 Å². The number of hydrogen-bond donors (Lipinski definition) is 1. The van der Waals surface area contributed by atoms with E-state index in [2.05, 4.69) is 18.9 Å².